The van der Waals surface area contributed by atoms with Crippen LogP contribution in [-0.2, 0) is 4.74 Å². The minimum Gasteiger partial charge on any atom is -0.465 e. The molecular formula is C18H33IN4O2. The monoisotopic (exact) mass is 464 g/mol. The minimum absolute atomic E-state index is 0. The second kappa shape index (κ2) is 12.5. The van der Waals surface area contributed by atoms with E-state index in [9.17, 15) is 0 Å². The highest BCUT2D eigenvalue weighted by Gasteiger charge is 2.25. The summed E-state index contributed by atoms with van der Waals surface area (Å²) >= 11 is 0. The molecular weight excluding hydrogens is 431 g/mol. The molecule has 6 nitrogen and oxygen atoms in total. The molecule has 0 aliphatic carbocycles. The van der Waals surface area contributed by atoms with E-state index in [4.69, 9.17) is 14.1 Å². The molecule has 1 unspecified atom stereocenters. The summed E-state index contributed by atoms with van der Waals surface area (Å²) in [6, 6.07) is 4.33. The van der Waals surface area contributed by atoms with Crippen LogP contribution in [0.25, 0.3) is 0 Å². The number of hydrogen-bond donors (Lipinski definition) is 2. The molecule has 1 aromatic heterocycles. The van der Waals surface area contributed by atoms with Crippen LogP contribution in [0.5, 0.6) is 0 Å². The van der Waals surface area contributed by atoms with Gasteiger partial charge in [-0.25, -0.2) is 0 Å². The van der Waals surface area contributed by atoms with Crippen molar-refractivity contribution in [3.8, 4) is 0 Å². The lowest BCUT2D eigenvalue weighted by molar-refractivity contribution is 0.152. The van der Waals surface area contributed by atoms with Crippen LogP contribution in [0.1, 0.15) is 44.3 Å². The van der Waals surface area contributed by atoms with Crippen LogP contribution in [0.3, 0.4) is 0 Å². The normalized spacial score (nSPS) is 16.5. The van der Waals surface area contributed by atoms with Crippen molar-refractivity contribution in [3.63, 3.8) is 0 Å². The van der Waals surface area contributed by atoms with Crippen molar-refractivity contribution in [2.75, 3.05) is 45.9 Å². The lowest BCUT2D eigenvalue weighted by Gasteiger charge is -2.24. The van der Waals surface area contributed by atoms with Crippen LogP contribution >= 0.6 is 24.0 Å². The van der Waals surface area contributed by atoms with E-state index in [0.717, 1.165) is 50.3 Å². The molecule has 0 radical (unpaired) electrons. The fourth-order valence-corrected chi connectivity index (χ4v) is 2.98. The largest absolute Gasteiger partial charge is 0.465 e. The molecule has 0 spiro atoms. The highest BCUT2D eigenvalue weighted by Crippen LogP contribution is 2.26. The zero-order chi connectivity index (χ0) is 17.2. The van der Waals surface area contributed by atoms with Crippen molar-refractivity contribution in [2.24, 2.45) is 4.99 Å². The maximum Gasteiger partial charge on any atom is 0.191 e. The molecule has 1 atom stereocenters. The Bertz CT molecular complexity index is 501. The minimum atomic E-state index is 0. The predicted molar refractivity (Wildman–Crippen MR) is 113 cm³/mol. The Labute approximate surface area is 168 Å². The molecule has 1 aromatic rings. The van der Waals surface area contributed by atoms with E-state index in [1.165, 1.54) is 12.8 Å². The SMILES string of the molecule is CCNC(=NCC(c1ccc(C)o1)N1CCCC1)NCCOCC.I. The number of likely N-dealkylation sites (tertiary alicyclic amines) is 1. The van der Waals surface area contributed by atoms with Gasteiger partial charge < -0.3 is 19.8 Å². The lowest BCUT2D eigenvalue weighted by atomic mass is 10.2. The Morgan fingerprint density at radius 3 is 2.64 bits per heavy atom. The van der Waals surface area contributed by atoms with Crippen LogP contribution in [0.2, 0.25) is 0 Å². The zero-order valence-electron chi connectivity index (χ0n) is 15.7. The number of aliphatic imine (C=N–C) groups is 1. The highest BCUT2D eigenvalue weighted by molar-refractivity contribution is 14.0. The van der Waals surface area contributed by atoms with Gasteiger partial charge in [0.1, 0.15) is 11.5 Å². The smallest absolute Gasteiger partial charge is 0.191 e. The summed E-state index contributed by atoms with van der Waals surface area (Å²) in [6.07, 6.45) is 2.51. The average Bonchev–Trinajstić information content (AvgIpc) is 3.24. The van der Waals surface area contributed by atoms with Crippen molar-refractivity contribution >= 4 is 29.9 Å². The molecule has 1 saturated heterocycles. The van der Waals surface area contributed by atoms with Crippen LogP contribution in [0.15, 0.2) is 21.5 Å². The third kappa shape index (κ3) is 7.53. The number of halogens is 1. The molecule has 7 heteroatoms. The fraction of sp³-hybridized carbons (Fsp3) is 0.722. The number of rotatable bonds is 9. The third-order valence-electron chi connectivity index (χ3n) is 4.18. The molecule has 0 amide bonds. The number of ether oxygens (including phenoxy) is 1. The van der Waals surface area contributed by atoms with Crippen LogP contribution in [0.4, 0.5) is 0 Å². The Morgan fingerprint density at radius 2 is 2.04 bits per heavy atom. The molecule has 2 N–H and O–H groups in total. The van der Waals surface area contributed by atoms with Gasteiger partial charge in [-0.2, -0.15) is 0 Å². The number of nitrogens with one attached hydrogen (secondary N) is 2. The summed E-state index contributed by atoms with van der Waals surface area (Å²) in [4.78, 5) is 7.26. The fourth-order valence-electron chi connectivity index (χ4n) is 2.98. The van der Waals surface area contributed by atoms with Gasteiger partial charge in [0.25, 0.3) is 0 Å². The van der Waals surface area contributed by atoms with Gasteiger partial charge in [-0.3, -0.25) is 9.89 Å². The molecule has 144 valence electrons. The van der Waals surface area contributed by atoms with E-state index < -0.39 is 0 Å². The Hall–Kier alpha value is -0.800. The van der Waals surface area contributed by atoms with Crippen LogP contribution in [-0.4, -0.2) is 56.8 Å². The van der Waals surface area contributed by atoms with Crippen molar-refractivity contribution in [1.82, 2.24) is 15.5 Å². The maximum atomic E-state index is 5.89. The Balaban J connectivity index is 0.00000312. The number of nitrogens with zero attached hydrogens (tertiary/aromatic N) is 2. The molecule has 1 fully saturated rings. The van der Waals surface area contributed by atoms with E-state index in [0.29, 0.717) is 13.2 Å². The standard InChI is InChI=1S/C18H32N4O2.HI/c1-4-19-18(20-10-13-23-5-2)21-14-16(22-11-6-7-12-22)17-9-8-15(3)24-17;/h8-9,16H,4-7,10-14H2,1-3H3,(H2,19,20,21);1H. The molecule has 0 aromatic carbocycles. The quantitative estimate of drug-likeness (QED) is 0.255. The number of hydrogen-bond acceptors (Lipinski definition) is 4. The van der Waals surface area contributed by atoms with Gasteiger partial charge in [0.15, 0.2) is 5.96 Å². The van der Waals surface area contributed by atoms with Gasteiger partial charge in [0, 0.05) is 19.7 Å². The van der Waals surface area contributed by atoms with E-state index in [1.54, 1.807) is 0 Å². The first-order chi connectivity index (χ1) is 11.7. The van der Waals surface area contributed by atoms with Gasteiger partial charge in [-0.1, -0.05) is 0 Å². The summed E-state index contributed by atoms with van der Waals surface area (Å²) in [5.41, 5.74) is 0. The molecule has 25 heavy (non-hydrogen) atoms. The van der Waals surface area contributed by atoms with E-state index in [-0.39, 0.29) is 30.0 Å². The van der Waals surface area contributed by atoms with E-state index >= 15 is 0 Å². The van der Waals surface area contributed by atoms with Crippen molar-refractivity contribution in [3.05, 3.63) is 23.7 Å². The maximum absolute atomic E-state index is 5.89. The number of aryl methyl sites for hydroxylation is 1. The highest BCUT2D eigenvalue weighted by atomic mass is 127. The molecule has 0 bridgehead atoms. The van der Waals surface area contributed by atoms with Crippen molar-refractivity contribution < 1.29 is 9.15 Å². The summed E-state index contributed by atoms with van der Waals surface area (Å²) in [7, 11) is 0. The Morgan fingerprint density at radius 1 is 1.28 bits per heavy atom. The lowest BCUT2D eigenvalue weighted by Crippen LogP contribution is -2.39. The third-order valence-corrected chi connectivity index (χ3v) is 4.18. The number of furan rings is 1. The Kier molecular flexibility index (Phi) is 11.2. The van der Waals surface area contributed by atoms with E-state index in [1.807, 2.05) is 19.9 Å². The summed E-state index contributed by atoms with van der Waals surface area (Å²) in [5.74, 6) is 2.81. The molecule has 1 aliphatic heterocycles. The predicted octanol–water partition coefficient (Wildman–Crippen LogP) is 2.93. The summed E-state index contributed by atoms with van der Waals surface area (Å²) in [6.45, 7) is 12.0. The first kappa shape index (κ1) is 22.2. The van der Waals surface area contributed by atoms with Gasteiger partial charge in [-0.15, -0.1) is 24.0 Å². The second-order valence-electron chi connectivity index (χ2n) is 6.05. The summed E-state index contributed by atoms with van der Waals surface area (Å²) < 4.78 is 11.3. The van der Waals surface area contributed by atoms with E-state index in [2.05, 4.69) is 28.5 Å². The van der Waals surface area contributed by atoms with Gasteiger partial charge in [0.05, 0.1) is 19.2 Å². The topological polar surface area (TPSA) is 62.0 Å². The average molecular weight is 464 g/mol. The summed E-state index contributed by atoms with van der Waals surface area (Å²) in [5, 5.41) is 6.62. The number of guanidine groups is 1. The van der Waals surface area contributed by atoms with Gasteiger partial charge in [-0.05, 0) is 58.8 Å². The van der Waals surface area contributed by atoms with Crippen molar-refractivity contribution in [2.45, 2.75) is 39.7 Å². The first-order valence-corrected chi connectivity index (χ1v) is 9.15. The second-order valence-corrected chi connectivity index (χ2v) is 6.05. The van der Waals surface area contributed by atoms with Gasteiger partial charge >= 0.3 is 0 Å². The molecule has 1 aliphatic rings. The van der Waals surface area contributed by atoms with Crippen LogP contribution in [0, 0.1) is 6.92 Å². The first-order valence-electron chi connectivity index (χ1n) is 9.15. The van der Waals surface area contributed by atoms with Crippen LogP contribution < -0.4 is 10.6 Å². The molecule has 2 rings (SSSR count). The zero-order valence-corrected chi connectivity index (χ0v) is 18.0. The molecule has 2 heterocycles. The molecule has 0 saturated carbocycles. The van der Waals surface area contributed by atoms with Crippen molar-refractivity contribution in [1.29, 1.82) is 0 Å². The van der Waals surface area contributed by atoms with Gasteiger partial charge in [0.2, 0.25) is 0 Å².